The van der Waals surface area contributed by atoms with E-state index in [0.29, 0.717) is 19.4 Å². The molecule has 7 nitrogen and oxygen atoms in total. The Morgan fingerprint density at radius 2 is 1.73 bits per heavy atom. The Balaban J connectivity index is 1.22. The summed E-state index contributed by atoms with van der Waals surface area (Å²) in [6.07, 6.45) is 8.70. The van der Waals surface area contributed by atoms with Gasteiger partial charge in [0.1, 0.15) is 5.54 Å². The van der Waals surface area contributed by atoms with Crippen LogP contribution >= 0.6 is 0 Å². The lowest BCUT2D eigenvalue weighted by atomic mass is 9.86. The van der Waals surface area contributed by atoms with Gasteiger partial charge in [0.05, 0.1) is 0 Å². The third-order valence-electron chi connectivity index (χ3n) is 7.46. The number of nitrogens with zero attached hydrogens (tertiary/aromatic N) is 5. The summed E-state index contributed by atoms with van der Waals surface area (Å²) in [4.78, 5) is 36.0. The van der Waals surface area contributed by atoms with Crippen LogP contribution in [0.3, 0.4) is 0 Å². The van der Waals surface area contributed by atoms with Gasteiger partial charge in [-0.15, -0.1) is 0 Å². The first-order valence-corrected chi connectivity index (χ1v) is 11.7. The fourth-order valence-electron chi connectivity index (χ4n) is 5.46. The molecule has 0 aliphatic carbocycles. The summed E-state index contributed by atoms with van der Waals surface area (Å²) in [7, 11) is 3.88. The van der Waals surface area contributed by atoms with Gasteiger partial charge in [0.15, 0.2) is 0 Å². The van der Waals surface area contributed by atoms with E-state index >= 15 is 0 Å². The molecule has 1 aromatic carbocycles. The largest absolute Gasteiger partial charge is 0.350 e. The molecule has 0 atom stereocenters. The number of aryl methyl sites for hydroxylation is 2. The first-order valence-electron chi connectivity index (χ1n) is 11.7. The van der Waals surface area contributed by atoms with E-state index in [4.69, 9.17) is 0 Å². The number of para-hydroxylation sites is 1. The average Bonchev–Trinajstić information content (AvgIpc) is 3.24. The number of carbonyl (C=O) groups is 2. The van der Waals surface area contributed by atoms with Crippen LogP contribution in [0, 0.1) is 0 Å². The number of likely N-dealkylation sites (N-methyl/N-ethyl adjacent to an activating group) is 1. The van der Waals surface area contributed by atoms with E-state index in [1.165, 1.54) is 26.9 Å². The van der Waals surface area contributed by atoms with Gasteiger partial charge in [-0.05, 0) is 55.0 Å². The zero-order chi connectivity index (χ0) is 23.0. The topological polar surface area (TPSA) is 61.7 Å². The number of likely N-dealkylation sites (tertiary alicyclic amines) is 1. The van der Waals surface area contributed by atoms with Crippen molar-refractivity contribution in [2.45, 2.75) is 37.8 Å². The zero-order valence-electron chi connectivity index (χ0n) is 19.4. The van der Waals surface area contributed by atoms with Gasteiger partial charge in [-0.25, -0.2) is 4.79 Å². The molecule has 2 fully saturated rings. The van der Waals surface area contributed by atoms with Crippen LogP contribution in [0.5, 0.6) is 0 Å². The molecule has 1 spiro atoms. The number of rotatable bonds is 6. The summed E-state index contributed by atoms with van der Waals surface area (Å²) in [5.74, 6) is -0.0189. The zero-order valence-corrected chi connectivity index (χ0v) is 19.4. The minimum absolute atomic E-state index is 0.0189. The van der Waals surface area contributed by atoms with Crippen LogP contribution in [0.15, 0.2) is 55.0 Å². The van der Waals surface area contributed by atoms with E-state index in [9.17, 15) is 9.59 Å². The van der Waals surface area contributed by atoms with Crippen molar-refractivity contribution in [3.63, 3.8) is 0 Å². The highest BCUT2D eigenvalue weighted by molar-refractivity contribution is 6.07. The number of urea groups is 1. The fraction of sp³-hybridized carbons (Fsp3) is 0.423. The van der Waals surface area contributed by atoms with Gasteiger partial charge in [0, 0.05) is 69.8 Å². The van der Waals surface area contributed by atoms with Crippen molar-refractivity contribution in [2.75, 3.05) is 26.7 Å². The van der Waals surface area contributed by atoms with Crippen molar-refractivity contribution in [1.82, 2.24) is 24.3 Å². The number of carbonyl (C=O) groups excluding carboxylic acids is 2. The van der Waals surface area contributed by atoms with Crippen LogP contribution in [0.1, 0.15) is 30.4 Å². The van der Waals surface area contributed by atoms with Crippen LogP contribution in [-0.4, -0.2) is 68.4 Å². The first-order chi connectivity index (χ1) is 16.0. The second kappa shape index (κ2) is 8.63. The van der Waals surface area contributed by atoms with Crippen LogP contribution in [0.25, 0.3) is 10.9 Å². The van der Waals surface area contributed by atoms with Crippen LogP contribution in [0.4, 0.5) is 4.79 Å². The van der Waals surface area contributed by atoms with Crippen LogP contribution < -0.4 is 0 Å². The third-order valence-corrected chi connectivity index (χ3v) is 7.46. The van der Waals surface area contributed by atoms with E-state index in [0.717, 1.165) is 32.5 Å². The molecule has 2 saturated heterocycles. The van der Waals surface area contributed by atoms with E-state index in [2.05, 4.69) is 52.0 Å². The van der Waals surface area contributed by atoms with Gasteiger partial charge in [-0.1, -0.05) is 18.2 Å². The summed E-state index contributed by atoms with van der Waals surface area (Å²) in [5, 5.41) is 1.28. The lowest BCUT2D eigenvalue weighted by Gasteiger charge is -2.40. The van der Waals surface area contributed by atoms with Crippen LogP contribution in [-0.2, 0) is 24.8 Å². The highest BCUT2D eigenvalue weighted by Crippen LogP contribution is 2.37. The minimum Gasteiger partial charge on any atom is -0.350 e. The predicted octanol–water partition coefficient (Wildman–Crippen LogP) is 3.43. The van der Waals surface area contributed by atoms with Crippen molar-refractivity contribution >= 4 is 22.8 Å². The number of aromatic nitrogens is 2. The quantitative estimate of drug-likeness (QED) is 0.546. The molecule has 33 heavy (non-hydrogen) atoms. The Morgan fingerprint density at radius 1 is 1.00 bits per heavy atom. The number of hydrogen-bond donors (Lipinski definition) is 0. The minimum atomic E-state index is -0.691. The normalized spacial score (nSPS) is 18.7. The molecule has 2 aliphatic heterocycles. The van der Waals surface area contributed by atoms with Gasteiger partial charge in [0.2, 0.25) is 0 Å². The number of amides is 3. The van der Waals surface area contributed by atoms with Crippen LogP contribution in [0.2, 0.25) is 0 Å². The van der Waals surface area contributed by atoms with Gasteiger partial charge in [0.25, 0.3) is 5.91 Å². The molecule has 5 rings (SSSR count). The summed E-state index contributed by atoms with van der Waals surface area (Å²) in [6.45, 7) is 2.93. The van der Waals surface area contributed by atoms with Gasteiger partial charge in [-0.3, -0.25) is 19.6 Å². The fourth-order valence-corrected chi connectivity index (χ4v) is 5.46. The Kier molecular flexibility index (Phi) is 5.66. The van der Waals surface area contributed by atoms with Gasteiger partial charge < -0.3 is 9.47 Å². The lowest BCUT2D eigenvalue weighted by Crippen LogP contribution is -2.55. The summed E-state index contributed by atoms with van der Waals surface area (Å²) in [6, 6.07) is 12.3. The molecule has 4 heterocycles. The van der Waals surface area contributed by atoms with Gasteiger partial charge in [-0.2, -0.15) is 0 Å². The molecule has 0 bridgehead atoms. The molecule has 172 valence electrons. The van der Waals surface area contributed by atoms with Crippen molar-refractivity contribution in [3.8, 4) is 0 Å². The molecule has 0 radical (unpaired) electrons. The highest BCUT2D eigenvalue weighted by Gasteiger charge is 2.56. The molecule has 0 N–H and O–H groups in total. The van der Waals surface area contributed by atoms with Crippen molar-refractivity contribution in [2.24, 2.45) is 7.05 Å². The Hall–Kier alpha value is -3.19. The second-order valence-electron chi connectivity index (χ2n) is 9.35. The third kappa shape index (κ3) is 3.80. The summed E-state index contributed by atoms with van der Waals surface area (Å²) >= 11 is 0. The van der Waals surface area contributed by atoms with Gasteiger partial charge >= 0.3 is 6.03 Å². The first kappa shape index (κ1) is 21.6. The molecule has 2 aromatic heterocycles. The van der Waals surface area contributed by atoms with E-state index in [-0.39, 0.29) is 11.9 Å². The molecule has 3 amide bonds. The predicted molar refractivity (Wildman–Crippen MR) is 128 cm³/mol. The number of piperidine rings is 1. The highest BCUT2D eigenvalue weighted by atomic mass is 16.2. The molecular formula is C26H31N5O2. The van der Waals surface area contributed by atoms with Crippen molar-refractivity contribution < 1.29 is 9.59 Å². The van der Waals surface area contributed by atoms with E-state index in [1.807, 2.05) is 12.1 Å². The SMILES string of the molecule is CN1C(=O)N(CCCc2ccncc2)C(=O)C12CCN(Cc1cn(C)c3ccccc13)CC2. The standard InChI is InChI=1S/C26H31N5O2/c1-28-18-21(22-7-3-4-8-23(22)28)19-30-16-11-26(12-17-30)24(32)31(25(33)29(26)2)15-5-6-20-9-13-27-14-10-20/h3-4,7-10,13-14,18H,5-6,11-12,15-17,19H2,1-2H3. The molecule has 0 saturated carbocycles. The number of fused-ring (bicyclic) bond motifs is 1. The van der Waals surface area contributed by atoms with Crippen molar-refractivity contribution in [1.29, 1.82) is 0 Å². The molecule has 3 aromatic rings. The lowest BCUT2D eigenvalue weighted by molar-refractivity contribution is -0.135. The number of pyridine rings is 1. The molecule has 7 heteroatoms. The van der Waals surface area contributed by atoms with E-state index in [1.54, 1.807) is 24.3 Å². The Morgan fingerprint density at radius 3 is 2.48 bits per heavy atom. The van der Waals surface area contributed by atoms with E-state index < -0.39 is 5.54 Å². The maximum absolute atomic E-state index is 13.4. The molecular weight excluding hydrogens is 414 g/mol. The monoisotopic (exact) mass is 445 g/mol. The summed E-state index contributed by atoms with van der Waals surface area (Å²) < 4.78 is 2.17. The number of benzene rings is 1. The smallest absolute Gasteiger partial charge is 0.327 e. The second-order valence-corrected chi connectivity index (χ2v) is 9.35. The Labute approximate surface area is 194 Å². The number of hydrogen-bond acceptors (Lipinski definition) is 4. The maximum atomic E-state index is 13.4. The average molecular weight is 446 g/mol. The Bertz CT molecular complexity index is 1160. The maximum Gasteiger partial charge on any atom is 0.327 e. The molecule has 2 aliphatic rings. The van der Waals surface area contributed by atoms with Crippen molar-refractivity contribution in [3.05, 3.63) is 66.1 Å². The number of imide groups is 1. The summed E-state index contributed by atoms with van der Waals surface area (Å²) in [5.41, 5.74) is 3.03. The molecule has 0 unspecified atom stereocenters.